The first-order chi connectivity index (χ1) is 10.9. The fourth-order valence-corrected chi connectivity index (χ4v) is 2.51. The number of rotatable bonds is 4. The zero-order valence-corrected chi connectivity index (χ0v) is 13.0. The monoisotopic (exact) mass is 331 g/mol. The van der Waals surface area contributed by atoms with Crippen LogP contribution >= 0.6 is 0 Å². The maximum Gasteiger partial charge on any atom is 0.416 e. The molecule has 0 amide bonds. The van der Waals surface area contributed by atoms with E-state index in [0.717, 1.165) is 18.6 Å². The van der Waals surface area contributed by atoms with Crippen LogP contribution in [0.1, 0.15) is 18.9 Å². The number of hydrogen-bond acceptors (Lipinski definition) is 5. The van der Waals surface area contributed by atoms with E-state index in [1.165, 1.54) is 6.20 Å². The van der Waals surface area contributed by atoms with Crippen molar-refractivity contribution in [3.05, 3.63) is 23.9 Å². The number of esters is 1. The standard InChI is InChI=1S/C15H20F3N3O2/c1-2-23-14(22)11-20-6-3-7-21(9-8-20)13-10-12(4-5-19-13)15(16,17)18/h4-5,10H,2-3,6-9,11H2,1H3. The lowest BCUT2D eigenvalue weighted by Gasteiger charge is -2.23. The number of hydrogen-bond donors (Lipinski definition) is 0. The summed E-state index contributed by atoms with van der Waals surface area (Å²) in [5.74, 6) is 0.0379. The van der Waals surface area contributed by atoms with Crippen LogP contribution < -0.4 is 4.90 Å². The summed E-state index contributed by atoms with van der Waals surface area (Å²) in [6, 6.07) is 2.04. The molecule has 23 heavy (non-hydrogen) atoms. The molecule has 0 saturated carbocycles. The number of nitrogens with zero attached hydrogens (tertiary/aromatic N) is 3. The summed E-state index contributed by atoms with van der Waals surface area (Å²) in [6.45, 7) is 4.71. The molecule has 1 saturated heterocycles. The van der Waals surface area contributed by atoms with Gasteiger partial charge < -0.3 is 9.64 Å². The Labute approximate surface area is 133 Å². The van der Waals surface area contributed by atoms with E-state index in [1.54, 1.807) is 6.92 Å². The van der Waals surface area contributed by atoms with Gasteiger partial charge in [0, 0.05) is 32.4 Å². The molecule has 1 fully saturated rings. The Balaban J connectivity index is 1.99. The van der Waals surface area contributed by atoms with Gasteiger partial charge >= 0.3 is 12.1 Å². The second kappa shape index (κ2) is 7.63. The number of carbonyl (C=O) groups is 1. The lowest BCUT2D eigenvalue weighted by Crippen LogP contribution is -2.35. The van der Waals surface area contributed by atoms with E-state index in [4.69, 9.17) is 4.74 Å². The normalized spacial score (nSPS) is 17.0. The predicted molar refractivity (Wildman–Crippen MR) is 79.1 cm³/mol. The quantitative estimate of drug-likeness (QED) is 0.792. The molecule has 5 nitrogen and oxygen atoms in total. The summed E-state index contributed by atoms with van der Waals surface area (Å²) in [5, 5.41) is 0. The minimum absolute atomic E-state index is 0.206. The van der Waals surface area contributed by atoms with Crippen molar-refractivity contribution in [1.82, 2.24) is 9.88 Å². The molecule has 1 aliphatic heterocycles. The summed E-state index contributed by atoms with van der Waals surface area (Å²) in [7, 11) is 0. The Morgan fingerprint density at radius 2 is 2.09 bits per heavy atom. The topological polar surface area (TPSA) is 45.7 Å². The average Bonchev–Trinajstić information content (AvgIpc) is 2.72. The van der Waals surface area contributed by atoms with E-state index in [0.29, 0.717) is 38.6 Å². The van der Waals surface area contributed by atoms with Crippen LogP contribution in [0, 0.1) is 0 Å². The molecule has 1 aliphatic rings. The minimum atomic E-state index is -4.38. The number of alkyl halides is 3. The van der Waals surface area contributed by atoms with Gasteiger partial charge in [0.2, 0.25) is 0 Å². The van der Waals surface area contributed by atoms with Gasteiger partial charge in [0.15, 0.2) is 0 Å². The first kappa shape index (κ1) is 17.5. The van der Waals surface area contributed by atoms with Crippen molar-refractivity contribution in [3.8, 4) is 0 Å². The highest BCUT2D eigenvalue weighted by molar-refractivity contribution is 5.71. The summed E-state index contributed by atoms with van der Waals surface area (Å²) < 4.78 is 43.3. The number of halogens is 3. The Morgan fingerprint density at radius 1 is 1.30 bits per heavy atom. The van der Waals surface area contributed by atoms with Crippen LogP contribution in [0.15, 0.2) is 18.3 Å². The molecule has 2 rings (SSSR count). The first-order valence-electron chi connectivity index (χ1n) is 7.56. The fraction of sp³-hybridized carbons (Fsp3) is 0.600. The van der Waals surface area contributed by atoms with E-state index in [2.05, 4.69) is 4.98 Å². The summed E-state index contributed by atoms with van der Waals surface area (Å²) in [6.07, 6.45) is -2.45. The van der Waals surface area contributed by atoms with Crippen LogP contribution in [0.2, 0.25) is 0 Å². The van der Waals surface area contributed by atoms with Crippen molar-refractivity contribution in [2.24, 2.45) is 0 Å². The van der Waals surface area contributed by atoms with Crippen LogP contribution in [-0.2, 0) is 15.7 Å². The van der Waals surface area contributed by atoms with Gasteiger partial charge in [-0.15, -0.1) is 0 Å². The number of carbonyl (C=O) groups excluding carboxylic acids is 1. The van der Waals surface area contributed by atoms with Gasteiger partial charge in [0.05, 0.1) is 18.7 Å². The third kappa shape index (κ3) is 5.09. The third-order valence-corrected chi connectivity index (χ3v) is 3.64. The molecule has 0 atom stereocenters. The zero-order valence-electron chi connectivity index (χ0n) is 13.0. The van der Waals surface area contributed by atoms with E-state index in [1.807, 2.05) is 9.80 Å². The van der Waals surface area contributed by atoms with Gasteiger partial charge in [0.25, 0.3) is 0 Å². The van der Waals surface area contributed by atoms with E-state index < -0.39 is 11.7 Å². The number of ether oxygens (including phenoxy) is 1. The molecule has 8 heteroatoms. The predicted octanol–water partition coefficient (Wildman–Crippen LogP) is 2.18. The highest BCUT2D eigenvalue weighted by Crippen LogP contribution is 2.30. The number of pyridine rings is 1. The van der Waals surface area contributed by atoms with Crippen LogP contribution in [-0.4, -0.2) is 55.2 Å². The Morgan fingerprint density at radius 3 is 2.78 bits per heavy atom. The van der Waals surface area contributed by atoms with Crippen molar-refractivity contribution in [2.45, 2.75) is 19.5 Å². The maximum absolute atomic E-state index is 12.8. The summed E-state index contributed by atoms with van der Waals surface area (Å²) >= 11 is 0. The molecular formula is C15H20F3N3O2. The molecule has 0 N–H and O–H groups in total. The molecule has 0 radical (unpaired) electrons. The molecule has 2 heterocycles. The SMILES string of the molecule is CCOC(=O)CN1CCCN(c2cc(C(F)(F)F)ccn2)CC1. The Kier molecular flexibility index (Phi) is 5.81. The molecule has 1 aromatic rings. The van der Waals surface area contributed by atoms with Crippen molar-refractivity contribution in [1.29, 1.82) is 0 Å². The smallest absolute Gasteiger partial charge is 0.416 e. The van der Waals surface area contributed by atoms with Gasteiger partial charge in [-0.1, -0.05) is 0 Å². The van der Waals surface area contributed by atoms with Gasteiger partial charge in [0.1, 0.15) is 5.82 Å². The van der Waals surface area contributed by atoms with Gasteiger partial charge in [-0.05, 0) is 25.5 Å². The molecule has 0 unspecified atom stereocenters. The van der Waals surface area contributed by atoms with Gasteiger partial charge in [-0.2, -0.15) is 13.2 Å². The lowest BCUT2D eigenvalue weighted by molar-refractivity contribution is -0.144. The van der Waals surface area contributed by atoms with Crippen molar-refractivity contribution >= 4 is 11.8 Å². The Bertz CT molecular complexity index is 537. The van der Waals surface area contributed by atoms with Crippen LogP contribution in [0.25, 0.3) is 0 Å². The molecule has 0 spiro atoms. The summed E-state index contributed by atoms with van der Waals surface area (Å²) in [5.41, 5.74) is -0.699. The highest BCUT2D eigenvalue weighted by atomic mass is 19.4. The van der Waals surface area contributed by atoms with Crippen molar-refractivity contribution < 1.29 is 22.7 Å². The van der Waals surface area contributed by atoms with Crippen molar-refractivity contribution in [3.63, 3.8) is 0 Å². The number of aromatic nitrogens is 1. The Hall–Kier alpha value is -1.83. The van der Waals surface area contributed by atoms with Gasteiger partial charge in [-0.3, -0.25) is 9.69 Å². The van der Waals surface area contributed by atoms with Crippen LogP contribution in [0.4, 0.5) is 19.0 Å². The molecule has 0 aliphatic carbocycles. The van der Waals surface area contributed by atoms with E-state index in [-0.39, 0.29) is 12.5 Å². The van der Waals surface area contributed by atoms with E-state index in [9.17, 15) is 18.0 Å². The molecule has 0 bridgehead atoms. The van der Waals surface area contributed by atoms with Gasteiger partial charge in [-0.25, -0.2) is 4.98 Å². The lowest BCUT2D eigenvalue weighted by atomic mass is 10.2. The third-order valence-electron chi connectivity index (χ3n) is 3.64. The first-order valence-corrected chi connectivity index (χ1v) is 7.56. The van der Waals surface area contributed by atoms with Crippen LogP contribution in [0.3, 0.4) is 0 Å². The van der Waals surface area contributed by atoms with Crippen molar-refractivity contribution in [2.75, 3.05) is 44.2 Å². The highest BCUT2D eigenvalue weighted by Gasteiger charge is 2.31. The number of anilines is 1. The average molecular weight is 331 g/mol. The fourth-order valence-electron chi connectivity index (χ4n) is 2.51. The minimum Gasteiger partial charge on any atom is -0.465 e. The second-order valence-corrected chi connectivity index (χ2v) is 5.32. The molecule has 128 valence electrons. The molecule has 1 aromatic heterocycles. The van der Waals surface area contributed by atoms with E-state index >= 15 is 0 Å². The maximum atomic E-state index is 12.8. The molecule has 0 aromatic carbocycles. The second-order valence-electron chi connectivity index (χ2n) is 5.32. The zero-order chi connectivity index (χ0) is 16.9. The molecular weight excluding hydrogens is 311 g/mol. The largest absolute Gasteiger partial charge is 0.465 e. The van der Waals surface area contributed by atoms with Crippen LogP contribution in [0.5, 0.6) is 0 Å². The summed E-state index contributed by atoms with van der Waals surface area (Å²) in [4.78, 5) is 19.3.